The van der Waals surface area contributed by atoms with Crippen LogP contribution in [0.2, 0.25) is 5.02 Å². The molecule has 0 unspecified atom stereocenters. The van der Waals surface area contributed by atoms with Gasteiger partial charge in [-0.1, -0.05) is 41.9 Å². The number of aromatic nitrogens is 3. The van der Waals surface area contributed by atoms with Crippen molar-refractivity contribution in [1.29, 1.82) is 0 Å². The first-order valence-electron chi connectivity index (χ1n) is 12.7. The number of anilines is 1. The average Bonchev–Trinajstić information content (AvgIpc) is 3.33. The van der Waals surface area contributed by atoms with Crippen LogP contribution in [0.5, 0.6) is 0 Å². The number of amides is 1. The molecule has 37 heavy (non-hydrogen) atoms. The number of ether oxygens (including phenoxy) is 1. The summed E-state index contributed by atoms with van der Waals surface area (Å²) in [5, 5.41) is 5.01. The third-order valence-corrected chi connectivity index (χ3v) is 6.90. The van der Waals surface area contributed by atoms with Crippen molar-refractivity contribution in [2.45, 2.75) is 51.7 Å². The molecule has 4 heterocycles. The van der Waals surface area contributed by atoms with Crippen molar-refractivity contribution in [3.8, 4) is 11.1 Å². The Morgan fingerprint density at radius 2 is 1.86 bits per heavy atom. The summed E-state index contributed by atoms with van der Waals surface area (Å²) in [6.45, 7) is 7.69. The number of aromatic amines is 1. The Kier molecular flexibility index (Phi) is 7.07. The number of likely N-dealkylation sites (tertiary alicyclic amines) is 1. The lowest BCUT2D eigenvalue weighted by Gasteiger charge is -2.33. The van der Waals surface area contributed by atoms with Crippen molar-refractivity contribution in [2.24, 2.45) is 0 Å². The molecular formula is C29H32ClN5O2. The maximum atomic E-state index is 12.4. The van der Waals surface area contributed by atoms with Crippen LogP contribution in [0.25, 0.3) is 22.2 Å². The number of piperidine rings is 1. The summed E-state index contributed by atoms with van der Waals surface area (Å²) in [7, 11) is 0. The topological polar surface area (TPSA) is 83.1 Å². The number of fused-ring (bicyclic) bond motifs is 1. The van der Waals surface area contributed by atoms with E-state index in [1.54, 1.807) is 17.3 Å². The Labute approximate surface area is 222 Å². The van der Waals surface area contributed by atoms with E-state index in [1.807, 2.05) is 51.1 Å². The van der Waals surface area contributed by atoms with Crippen molar-refractivity contribution in [1.82, 2.24) is 19.9 Å². The number of hydrogen-bond donors (Lipinski definition) is 2. The van der Waals surface area contributed by atoms with Crippen LogP contribution in [-0.2, 0) is 11.3 Å². The van der Waals surface area contributed by atoms with E-state index < -0.39 is 5.60 Å². The normalized spacial score (nSPS) is 14.6. The van der Waals surface area contributed by atoms with Crippen LogP contribution in [-0.4, -0.2) is 44.6 Å². The quantitative estimate of drug-likeness (QED) is 0.297. The Balaban J connectivity index is 1.34. The molecule has 0 radical (unpaired) electrons. The number of hydrogen-bond acceptors (Lipinski definition) is 5. The maximum absolute atomic E-state index is 12.4. The maximum Gasteiger partial charge on any atom is 0.410 e. The zero-order valence-electron chi connectivity index (χ0n) is 21.4. The van der Waals surface area contributed by atoms with E-state index in [-0.39, 0.29) is 6.09 Å². The number of pyridine rings is 2. The van der Waals surface area contributed by atoms with E-state index in [9.17, 15) is 4.79 Å². The van der Waals surface area contributed by atoms with Crippen molar-refractivity contribution >= 4 is 34.5 Å². The minimum Gasteiger partial charge on any atom is -0.444 e. The van der Waals surface area contributed by atoms with Crippen LogP contribution in [0.4, 0.5) is 10.6 Å². The predicted molar refractivity (Wildman–Crippen MR) is 148 cm³/mol. The van der Waals surface area contributed by atoms with Crippen LogP contribution < -0.4 is 5.32 Å². The van der Waals surface area contributed by atoms with Gasteiger partial charge in [-0.15, -0.1) is 0 Å². The van der Waals surface area contributed by atoms with Crippen molar-refractivity contribution in [3.63, 3.8) is 0 Å². The lowest BCUT2D eigenvalue weighted by Crippen LogP contribution is -2.41. The highest BCUT2D eigenvalue weighted by molar-refractivity contribution is 6.33. The number of carbonyl (C=O) groups excluding carboxylic acids is 1. The fourth-order valence-corrected chi connectivity index (χ4v) is 4.94. The number of benzene rings is 1. The van der Waals surface area contributed by atoms with Crippen molar-refractivity contribution < 1.29 is 9.53 Å². The molecule has 5 rings (SSSR count). The molecule has 7 nitrogen and oxygen atoms in total. The first kappa shape index (κ1) is 25.1. The second kappa shape index (κ2) is 10.4. The Morgan fingerprint density at radius 1 is 1.11 bits per heavy atom. The highest BCUT2D eigenvalue weighted by atomic mass is 35.5. The molecular weight excluding hydrogens is 486 g/mol. The van der Waals surface area contributed by atoms with Gasteiger partial charge < -0.3 is 19.9 Å². The van der Waals surface area contributed by atoms with E-state index in [0.29, 0.717) is 30.6 Å². The lowest BCUT2D eigenvalue weighted by molar-refractivity contribution is 0.0204. The van der Waals surface area contributed by atoms with Gasteiger partial charge in [0, 0.05) is 54.6 Å². The van der Waals surface area contributed by atoms with Crippen LogP contribution in [0.3, 0.4) is 0 Å². The molecule has 0 bridgehead atoms. The summed E-state index contributed by atoms with van der Waals surface area (Å²) >= 11 is 6.63. The molecule has 1 saturated heterocycles. The summed E-state index contributed by atoms with van der Waals surface area (Å²) in [6.07, 6.45) is 4.99. The number of carbonyl (C=O) groups is 1. The first-order valence-corrected chi connectivity index (χ1v) is 13.0. The molecule has 1 aromatic carbocycles. The SMILES string of the molecule is CC(C)(C)OC(=O)N1CCC(c2cc3c(-c4cc(NCc5ccccc5)ncc4Cl)ccnc3[nH]2)CC1. The number of nitrogens with zero attached hydrogens (tertiary/aromatic N) is 3. The van der Waals surface area contributed by atoms with Crippen LogP contribution in [0, 0.1) is 0 Å². The van der Waals surface area contributed by atoms with E-state index in [1.165, 1.54) is 5.56 Å². The summed E-state index contributed by atoms with van der Waals surface area (Å²) in [5.41, 5.74) is 4.57. The highest BCUT2D eigenvalue weighted by Crippen LogP contribution is 2.37. The number of halogens is 1. The fraction of sp³-hybridized carbons (Fsp3) is 0.345. The predicted octanol–water partition coefficient (Wildman–Crippen LogP) is 7.00. The fourth-order valence-electron chi connectivity index (χ4n) is 4.73. The molecule has 192 valence electrons. The van der Waals surface area contributed by atoms with Crippen LogP contribution in [0.1, 0.15) is 50.8 Å². The average molecular weight is 518 g/mol. The Bertz CT molecular complexity index is 1390. The molecule has 0 aliphatic carbocycles. The Hall–Kier alpha value is -3.58. The first-order chi connectivity index (χ1) is 17.8. The highest BCUT2D eigenvalue weighted by Gasteiger charge is 2.28. The van der Waals surface area contributed by atoms with Crippen LogP contribution >= 0.6 is 11.6 Å². The molecule has 1 amide bonds. The van der Waals surface area contributed by atoms with E-state index >= 15 is 0 Å². The minimum absolute atomic E-state index is 0.240. The van der Waals surface area contributed by atoms with Gasteiger partial charge in [0.15, 0.2) is 0 Å². The zero-order chi connectivity index (χ0) is 26.0. The minimum atomic E-state index is -0.488. The van der Waals surface area contributed by atoms with E-state index in [4.69, 9.17) is 16.3 Å². The molecule has 2 N–H and O–H groups in total. The largest absolute Gasteiger partial charge is 0.444 e. The van der Waals surface area contributed by atoms with Gasteiger partial charge in [-0.2, -0.15) is 0 Å². The second-order valence-electron chi connectivity index (χ2n) is 10.5. The van der Waals surface area contributed by atoms with Gasteiger partial charge in [-0.25, -0.2) is 14.8 Å². The monoisotopic (exact) mass is 517 g/mol. The Morgan fingerprint density at radius 3 is 2.59 bits per heavy atom. The standard InChI is InChI=1S/C29H32ClN5O2/c1-29(2,3)37-28(36)35-13-10-20(11-14-35)25-15-23-21(9-12-31-27(23)34-25)22-16-26(33-18-24(22)30)32-17-19-7-5-4-6-8-19/h4-9,12,15-16,18,20H,10-11,13-14,17H2,1-3H3,(H,31,34)(H,32,33). The van der Waals surface area contributed by atoms with Gasteiger partial charge in [0.05, 0.1) is 5.02 Å². The summed E-state index contributed by atoms with van der Waals surface area (Å²) in [5.74, 6) is 1.08. The van der Waals surface area contributed by atoms with Gasteiger partial charge in [0.2, 0.25) is 0 Å². The molecule has 0 saturated carbocycles. The lowest BCUT2D eigenvalue weighted by atomic mass is 9.93. The van der Waals surface area contributed by atoms with Gasteiger partial charge in [-0.05, 0) is 62.9 Å². The molecule has 3 aromatic heterocycles. The third kappa shape index (κ3) is 5.88. The van der Waals surface area contributed by atoms with Crippen LogP contribution in [0.15, 0.2) is 60.9 Å². The van der Waals surface area contributed by atoms with Crippen molar-refractivity contribution in [3.05, 3.63) is 77.2 Å². The molecule has 0 spiro atoms. The molecule has 1 aliphatic rings. The molecule has 0 atom stereocenters. The third-order valence-electron chi connectivity index (χ3n) is 6.60. The smallest absolute Gasteiger partial charge is 0.410 e. The molecule has 4 aromatic rings. The van der Waals surface area contributed by atoms with Gasteiger partial charge in [-0.3, -0.25) is 0 Å². The summed E-state index contributed by atoms with van der Waals surface area (Å²) in [6, 6.07) is 16.4. The van der Waals surface area contributed by atoms with Crippen molar-refractivity contribution in [2.75, 3.05) is 18.4 Å². The zero-order valence-corrected chi connectivity index (χ0v) is 22.2. The number of H-pyrrole nitrogens is 1. The molecule has 1 fully saturated rings. The number of rotatable bonds is 5. The van der Waals surface area contributed by atoms with E-state index in [0.717, 1.165) is 46.5 Å². The van der Waals surface area contributed by atoms with E-state index in [2.05, 4.69) is 38.5 Å². The molecule has 8 heteroatoms. The van der Waals surface area contributed by atoms with Gasteiger partial charge >= 0.3 is 6.09 Å². The second-order valence-corrected chi connectivity index (χ2v) is 10.9. The molecule has 1 aliphatic heterocycles. The summed E-state index contributed by atoms with van der Waals surface area (Å²) in [4.78, 5) is 26.8. The van der Waals surface area contributed by atoms with Gasteiger partial charge in [0.1, 0.15) is 17.1 Å². The number of nitrogens with one attached hydrogen (secondary N) is 2. The summed E-state index contributed by atoms with van der Waals surface area (Å²) < 4.78 is 5.54. The van der Waals surface area contributed by atoms with Gasteiger partial charge in [0.25, 0.3) is 0 Å².